The maximum Gasteiger partial charge on any atom is 0.119 e. The number of ether oxygens (including phenoxy) is 1. The Hall–Kier alpha value is -1.02. The summed E-state index contributed by atoms with van der Waals surface area (Å²) in [6.07, 6.45) is -0.000590. The maximum absolute atomic E-state index is 8.95. The van der Waals surface area contributed by atoms with Gasteiger partial charge in [-0.3, -0.25) is 0 Å². The molecule has 0 radical (unpaired) electrons. The summed E-state index contributed by atoms with van der Waals surface area (Å²) in [5.41, 5.74) is 0.751. The molecule has 66 valence electrons. The molecule has 2 nitrogen and oxygen atoms in total. The number of hydrogen-bond acceptors (Lipinski definition) is 2. The second-order valence-corrected chi connectivity index (χ2v) is 2.41. The van der Waals surface area contributed by atoms with Crippen molar-refractivity contribution in [2.75, 3.05) is 13.2 Å². The van der Waals surface area contributed by atoms with Gasteiger partial charge >= 0.3 is 0 Å². The molecule has 0 unspecified atom stereocenters. The van der Waals surface area contributed by atoms with E-state index in [1.807, 2.05) is 6.92 Å². The third kappa shape index (κ3) is 2.55. The smallest absolute Gasteiger partial charge is 0.119 e. The number of benzene rings is 1. The van der Waals surface area contributed by atoms with Crippen molar-refractivity contribution < 1.29 is 12.6 Å². The Bertz CT molecular complexity index is 277. The standard InChI is InChI=1S/C10H14O2/c1-2-12-10-5-3-9(4-6-10)7-8-11/h3-6,11H,2,7-8H2,1H3/i8D2. The Balaban J connectivity index is 2.64. The summed E-state index contributed by atoms with van der Waals surface area (Å²) >= 11 is 0. The molecule has 1 N–H and O–H groups in total. The molecule has 2 heteroatoms. The highest BCUT2D eigenvalue weighted by Gasteiger charge is 1.93. The van der Waals surface area contributed by atoms with Crippen LogP contribution in [-0.4, -0.2) is 18.3 Å². The lowest BCUT2D eigenvalue weighted by Gasteiger charge is -2.03. The summed E-state index contributed by atoms with van der Waals surface area (Å²) in [5.74, 6) is 0.759. The average Bonchev–Trinajstić information content (AvgIpc) is 2.06. The second-order valence-electron chi connectivity index (χ2n) is 2.41. The van der Waals surface area contributed by atoms with E-state index in [1.54, 1.807) is 24.3 Å². The molecule has 0 atom stereocenters. The molecule has 0 saturated heterocycles. The van der Waals surface area contributed by atoms with Crippen molar-refractivity contribution in [2.24, 2.45) is 0 Å². The van der Waals surface area contributed by atoms with Gasteiger partial charge in [-0.2, -0.15) is 0 Å². The molecule has 0 aliphatic heterocycles. The van der Waals surface area contributed by atoms with Gasteiger partial charge in [0.25, 0.3) is 0 Å². The molecule has 0 bridgehead atoms. The quantitative estimate of drug-likeness (QED) is 0.740. The van der Waals surface area contributed by atoms with Gasteiger partial charge in [-0.15, -0.1) is 0 Å². The molecule has 0 saturated carbocycles. The van der Waals surface area contributed by atoms with Crippen LogP contribution >= 0.6 is 0 Å². The van der Waals surface area contributed by atoms with Gasteiger partial charge in [-0.25, -0.2) is 0 Å². The monoisotopic (exact) mass is 168 g/mol. The van der Waals surface area contributed by atoms with Crippen LogP contribution < -0.4 is 4.74 Å². The molecule has 0 spiro atoms. The first-order valence-electron chi connectivity index (χ1n) is 4.95. The zero-order chi connectivity index (χ0) is 10.6. The van der Waals surface area contributed by atoms with Crippen LogP contribution in [0.2, 0.25) is 0 Å². The van der Waals surface area contributed by atoms with Crippen molar-refractivity contribution in [3.63, 3.8) is 0 Å². The fourth-order valence-electron chi connectivity index (χ4n) is 0.961. The summed E-state index contributed by atoms with van der Waals surface area (Å²) < 4.78 is 19.2. The third-order valence-electron chi connectivity index (χ3n) is 1.52. The van der Waals surface area contributed by atoms with E-state index in [9.17, 15) is 0 Å². The minimum atomic E-state index is -2.15. The molecule has 1 aromatic rings. The van der Waals surface area contributed by atoms with Crippen LogP contribution in [0.15, 0.2) is 24.3 Å². The summed E-state index contributed by atoms with van der Waals surface area (Å²) in [5, 5.41) is 8.95. The van der Waals surface area contributed by atoms with Crippen molar-refractivity contribution in [3.8, 4) is 5.75 Å². The molecular formula is C10H14O2. The Morgan fingerprint density at radius 3 is 2.58 bits per heavy atom. The Morgan fingerprint density at radius 1 is 1.42 bits per heavy atom. The molecular weight excluding hydrogens is 152 g/mol. The summed E-state index contributed by atoms with van der Waals surface area (Å²) in [6, 6.07) is 7.03. The van der Waals surface area contributed by atoms with E-state index in [4.69, 9.17) is 12.6 Å². The van der Waals surface area contributed by atoms with Crippen LogP contribution in [0.25, 0.3) is 0 Å². The minimum absolute atomic E-state index is 0.000590. The number of hydrogen-bond donors (Lipinski definition) is 1. The summed E-state index contributed by atoms with van der Waals surface area (Å²) in [7, 11) is 0. The van der Waals surface area contributed by atoms with Gasteiger partial charge in [-0.1, -0.05) is 12.1 Å². The molecule has 1 rings (SSSR count). The first-order chi connectivity index (χ1) is 6.51. The fraction of sp³-hybridized carbons (Fsp3) is 0.400. The molecule has 0 heterocycles. The van der Waals surface area contributed by atoms with Crippen LogP contribution in [0.4, 0.5) is 0 Å². The number of rotatable bonds is 4. The van der Waals surface area contributed by atoms with Gasteiger partial charge < -0.3 is 9.84 Å². The van der Waals surface area contributed by atoms with Crippen molar-refractivity contribution in [3.05, 3.63) is 29.8 Å². The van der Waals surface area contributed by atoms with E-state index >= 15 is 0 Å². The zero-order valence-electron chi connectivity index (χ0n) is 9.08. The van der Waals surface area contributed by atoms with Crippen molar-refractivity contribution in [1.29, 1.82) is 0 Å². The van der Waals surface area contributed by atoms with Crippen LogP contribution in [0.1, 0.15) is 15.2 Å². The van der Waals surface area contributed by atoms with Gasteiger partial charge in [0.05, 0.1) is 9.35 Å². The molecule has 0 aliphatic rings. The molecule has 0 aromatic heterocycles. The van der Waals surface area contributed by atoms with E-state index < -0.39 is 6.56 Å². The molecule has 12 heavy (non-hydrogen) atoms. The third-order valence-corrected chi connectivity index (χ3v) is 1.52. The minimum Gasteiger partial charge on any atom is -0.494 e. The van der Waals surface area contributed by atoms with E-state index in [-0.39, 0.29) is 6.42 Å². The van der Waals surface area contributed by atoms with Crippen LogP contribution in [-0.2, 0) is 6.42 Å². The van der Waals surface area contributed by atoms with Gasteiger partial charge in [0.15, 0.2) is 0 Å². The lowest BCUT2D eigenvalue weighted by Crippen LogP contribution is -1.93. The SMILES string of the molecule is [2H]C([2H])(O)Cc1ccc(OCC)cc1. The Morgan fingerprint density at radius 2 is 2.08 bits per heavy atom. The predicted octanol–water partition coefficient (Wildman–Crippen LogP) is 1.62. The van der Waals surface area contributed by atoms with Crippen molar-refractivity contribution in [1.82, 2.24) is 0 Å². The predicted molar refractivity (Wildman–Crippen MR) is 48.4 cm³/mol. The summed E-state index contributed by atoms with van der Waals surface area (Å²) in [4.78, 5) is 0. The molecule has 0 amide bonds. The average molecular weight is 168 g/mol. The highest BCUT2D eigenvalue weighted by molar-refractivity contribution is 5.27. The van der Waals surface area contributed by atoms with Gasteiger partial charge in [0.1, 0.15) is 5.75 Å². The van der Waals surface area contributed by atoms with E-state index in [2.05, 4.69) is 0 Å². The zero-order valence-corrected chi connectivity index (χ0v) is 7.08. The number of aryl methyl sites for hydroxylation is 1. The van der Waals surface area contributed by atoms with Crippen molar-refractivity contribution in [2.45, 2.75) is 13.3 Å². The second kappa shape index (κ2) is 4.78. The van der Waals surface area contributed by atoms with E-state index in [0.29, 0.717) is 6.61 Å². The molecule has 0 aliphatic carbocycles. The highest BCUT2D eigenvalue weighted by Crippen LogP contribution is 2.11. The van der Waals surface area contributed by atoms with E-state index in [1.165, 1.54) is 0 Å². The first-order valence-corrected chi connectivity index (χ1v) is 3.95. The largest absolute Gasteiger partial charge is 0.494 e. The lowest BCUT2D eigenvalue weighted by molar-refractivity contribution is 0.299. The topological polar surface area (TPSA) is 29.5 Å². The van der Waals surface area contributed by atoms with Crippen LogP contribution in [0, 0.1) is 0 Å². The van der Waals surface area contributed by atoms with Crippen LogP contribution in [0.5, 0.6) is 5.75 Å². The highest BCUT2D eigenvalue weighted by atomic mass is 16.5. The van der Waals surface area contributed by atoms with E-state index in [0.717, 1.165) is 11.3 Å². The molecule has 0 fully saturated rings. The molecule has 1 aromatic carbocycles. The van der Waals surface area contributed by atoms with Gasteiger partial charge in [0, 0.05) is 6.56 Å². The Labute approximate surface area is 75.6 Å². The normalized spacial score (nSPS) is 13.5. The van der Waals surface area contributed by atoms with Gasteiger partial charge in [0.2, 0.25) is 0 Å². The first kappa shape index (κ1) is 6.49. The lowest BCUT2D eigenvalue weighted by atomic mass is 10.1. The number of aliphatic hydroxyl groups is 1. The Kier molecular flexibility index (Phi) is 2.58. The summed E-state index contributed by atoms with van der Waals surface area (Å²) in [6.45, 7) is 0.369. The fourth-order valence-corrected chi connectivity index (χ4v) is 0.961. The van der Waals surface area contributed by atoms with Gasteiger partial charge in [-0.05, 0) is 31.0 Å². The maximum atomic E-state index is 8.95. The van der Waals surface area contributed by atoms with Crippen molar-refractivity contribution >= 4 is 0 Å². The van der Waals surface area contributed by atoms with Crippen LogP contribution in [0.3, 0.4) is 0 Å².